The summed E-state index contributed by atoms with van der Waals surface area (Å²) in [6.07, 6.45) is 1.48. The van der Waals surface area contributed by atoms with Crippen molar-refractivity contribution in [1.82, 2.24) is 0 Å². The molecular formula is C12H17NO4. The Hall–Kier alpha value is -1.62. The van der Waals surface area contributed by atoms with Crippen LogP contribution in [0, 0.1) is 10.1 Å². The van der Waals surface area contributed by atoms with Gasteiger partial charge in [-0.15, -0.1) is 0 Å². The van der Waals surface area contributed by atoms with Crippen LogP contribution in [0.4, 0.5) is 5.69 Å². The molecule has 5 nitrogen and oxygen atoms in total. The van der Waals surface area contributed by atoms with Crippen molar-refractivity contribution in [2.45, 2.75) is 19.8 Å². The SMILES string of the molecule is CCc1ccc(OCCCOC)c([N+](=O)[O-])c1. The van der Waals surface area contributed by atoms with Crippen molar-refractivity contribution in [2.24, 2.45) is 0 Å². The topological polar surface area (TPSA) is 61.6 Å². The lowest BCUT2D eigenvalue weighted by Crippen LogP contribution is -2.03. The van der Waals surface area contributed by atoms with Crippen LogP contribution >= 0.6 is 0 Å². The van der Waals surface area contributed by atoms with Crippen LogP contribution in [0.5, 0.6) is 5.75 Å². The molecule has 0 unspecified atom stereocenters. The highest BCUT2D eigenvalue weighted by Crippen LogP contribution is 2.28. The van der Waals surface area contributed by atoms with E-state index in [-0.39, 0.29) is 5.69 Å². The summed E-state index contributed by atoms with van der Waals surface area (Å²) in [5.74, 6) is 0.323. The number of rotatable bonds is 7. The minimum absolute atomic E-state index is 0.0294. The number of nitro benzene ring substituents is 1. The van der Waals surface area contributed by atoms with E-state index in [0.29, 0.717) is 25.4 Å². The molecule has 0 aromatic heterocycles. The molecule has 0 atom stereocenters. The summed E-state index contributed by atoms with van der Waals surface area (Å²) in [5.41, 5.74) is 0.961. The van der Waals surface area contributed by atoms with E-state index in [1.54, 1.807) is 19.2 Å². The zero-order chi connectivity index (χ0) is 12.7. The fraction of sp³-hybridized carbons (Fsp3) is 0.500. The van der Waals surface area contributed by atoms with Crippen molar-refractivity contribution >= 4 is 5.69 Å². The number of benzene rings is 1. The number of aryl methyl sites for hydroxylation is 1. The molecule has 0 bridgehead atoms. The molecule has 17 heavy (non-hydrogen) atoms. The Morgan fingerprint density at radius 3 is 2.71 bits per heavy atom. The summed E-state index contributed by atoms with van der Waals surface area (Å²) in [6, 6.07) is 5.06. The Bertz CT molecular complexity index is 379. The van der Waals surface area contributed by atoms with Crippen LogP contribution in [0.2, 0.25) is 0 Å². The predicted molar refractivity (Wildman–Crippen MR) is 64.5 cm³/mol. The van der Waals surface area contributed by atoms with Gasteiger partial charge in [0.1, 0.15) is 0 Å². The number of nitrogens with zero attached hydrogens (tertiary/aromatic N) is 1. The van der Waals surface area contributed by atoms with E-state index in [4.69, 9.17) is 9.47 Å². The smallest absolute Gasteiger partial charge is 0.311 e. The van der Waals surface area contributed by atoms with Crippen molar-refractivity contribution in [3.63, 3.8) is 0 Å². The van der Waals surface area contributed by atoms with Crippen LogP contribution in [0.1, 0.15) is 18.9 Å². The van der Waals surface area contributed by atoms with Crippen LogP contribution in [-0.2, 0) is 11.2 Å². The minimum Gasteiger partial charge on any atom is -0.487 e. The van der Waals surface area contributed by atoms with Crippen LogP contribution in [-0.4, -0.2) is 25.2 Å². The van der Waals surface area contributed by atoms with Gasteiger partial charge in [-0.3, -0.25) is 10.1 Å². The second kappa shape index (κ2) is 6.85. The third-order valence-corrected chi connectivity index (χ3v) is 2.38. The first kappa shape index (κ1) is 13.4. The molecule has 5 heteroatoms. The summed E-state index contributed by atoms with van der Waals surface area (Å²) in [5, 5.41) is 10.9. The maximum Gasteiger partial charge on any atom is 0.311 e. The van der Waals surface area contributed by atoms with E-state index >= 15 is 0 Å². The summed E-state index contributed by atoms with van der Waals surface area (Å²) in [7, 11) is 1.61. The standard InChI is InChI=1S/C12H17NO4/c1-3-10-5-6-12(11(9-10)13(14)15)17-8-4-7-16-2/h5-6,9H,3-4,7-8H2,1-2H3. The third kappa shape index (κ3) is 4.03. The highest BCUT2D eigenvalue weighted by Gasteiger charge is 2.15. The van der Waals surface area contributed by atoms with E-state index in [1.807, 2.05) is 13.0 Å². The molecule has 1 rings (SSSR count). The molecule has 1 aromatic carbocycles. The minimum atomic E-state index is -0.412. The molecule has 0 aliphatic carbocycles. The summed E-state index contributed by atoms with van der Waals surface area (Å²) >= 11 is 0. The average Bonchev–Trinajstić information content (AvgIpc) is 2.34. The van der Waals surface area contributed by atoms with Gasteiger partial charge < -0.3 is 9.47 Å². The number of hydrogen-bond acceptors (Lipinski definition) is 4. The lowest BCUT2D eigenvalue weighted by Gasteiger charge is -2.07. The molecule has 0 saturated heterocycles. The second-order valence-electron chi connectivity index (χ2n) is 3.61. The Kier molecular flexibility index (Phi) is 5.42. The van der Waals surface area contributed by atoms with Gasteiger partial charge in [0, 0.05) is 26.2 Å². The highest BCUT2D eigenvalue weighted by molar-refractivity contribution is 5.48. The molecule has 0 spiro atoms. The third-order valence-electron chi connectivity index (χ3n) is 2.38. The van der Waals surface area contributed by atoms with Gasteiger partial charge in [-0.05, 0) is 18.1 Å². The normalized spacial score (nSPS) is 10.2. The monoisotopic (exact) mass is 239 g/mol. The fourth-order valence-corrected chi connectivity index (χ4v) is 1.43. The fourth-order valence-electron chi connectivity index (χ4n) is 1.43. The zero-order valence-corrected chi connectivity index (χ0v) is 10.1. The first-order valence-corrected chi connectivity index (χ1v) is 5.58. The van der Waals surface area contributed by atoms with Gasteiger partial charge >= 0.3 is 5.69 Å². The maximum absolute atomic E-state index is 10.9. The molecule has 0 heterocycles. The van der Waals surface area contributed by atoms with Crippen LogP contribution in [0.25, 0.3) is 0 Å². The highest BCUT2D eigenvalue weighted by atomic mass is 16.6. The average molecular weight is 239 g/mol. The van der Waals surface area contributed by atoms with Crippen molar-refractivity contribution in [3.05, 3.63) is 33.9 Å². The molecule has 0 N–H and O–H groups in total. The molecule has 0 aliphatic heterocycles. The van der Waals surface area contributed by atoms with Gasteiger partial charge in [0.15, 0.2) is 5.75 Å². The molecule has 94 valence electrons. The molecule has 0 fully saturated rings. The van der Waals surface area contributed by atoms with Crippen molar-refractivity contribution in [1.29, 1.82) is 0 Å². The van der Waals surface area contributed by atoms with E-state index in [1.165, 1.54) is 0 Å². The predicted octanol–water partition coefficient (Wildman–Crippen LogP) is 2.57. The molecule has 0 amide bonds. The van der Waals surface area contributed by atoms with Crippen molar-refractivity contribution < 1.29 is 14.4 Å². The van der Waals surface area contributed by atoms with Gasteiger partial charge in [0.25, 0.3) is 0 Å². The summed E-state index contributed by atoms with van der Waals surface area (Å²) < 4.78 is 10.3. The molecule has 0 aliphatic rings. The Morgan fingerprint density at radius 1 is 1.35 bits per heavy atom. The largest absolute Gasteiger partial charge is 0.487 e. The van der Waals surface area contributed by atoms with E-state index in [0.717, 1.165) is 12.0 Å². The van der Waals surface area contributed by atoms with Crippen LogP contribution < -0.4 is 4.74 Å². The number of methoxy groups -OCH3 is 1. The van der Waals surface area contributed by atoms with Gasteiger partial charge in [0.2, 0.25) is 0 Å². The Morgan fingerprint density at radius 2 is 2.12 bits per heavy atom. The first-order chi connectivity index (χ1) is 8.19. The van der Waals surface area contributed by atoms with E-state index < -0.39 is 4.92 Å². The molecule has 1 aromatic rings. The van der Waals surface area contributed by atoms with Crippen LogP contribution in [0.3, 0.4) is 0 Å². The zero-order valence-electron chi connectivity index (χ0n) is 10.1. The lowest BCUT2D eigenvalue weighted by atomic mass is 10.1. The molecule has 0 radical (unpaired) electrons. The summed E-state index contributed by atoms with van der Waals surface area (Å²) in [4.78, 5) is 10.5. The Balaban J connectivity index is 2.73. The van der Waals surface area contributed by atoms with E-state index in [2.05, 4.69) is 0 Å². The number of ether oxygens (including phenoxy) is 2. The number of nitro groups is 1. The van der Waals surface area contributed by atoms with Crippen molar-refractivity contribution in [3.8, 4) is 5.75 Å². The first-order valence-electron chi connectivity index (χ1n) is 5.58. The van der Waals surface area contributed by atoms with Gasteiger partial charge in [-0.25, -0.2) is 0 Å². The van der Waals surface area contributed by atoms with Crippen molar-refractivity contribution in [2.75, 3.05) is 20.3 Å². The number of hydrogen-bond donors (Lipinski definition) is 0. The van der Waals surface area contributed by atoms with Gasteiger partial charge in [-0.1, -0.05) is 13.0 Å². The molecular weight excluding hydrogens is 222 g/mol. The summed E-state index contributed by atoms with van der Waals surface area (Å²) in [6.45, 7) is 2.96. The lowest BCUT2D eigenvalue weighted by molar-refractivity contribution is -0.385. The van der Waals surface area contributed by atoms with Gasteiger partial charge in [-0.2, -0.15) is 0 Å². The molecule has 0 saturated carbocycles. The van der Waals surface area contributed by atoms with Crippen LogP contribution in [0.15, 0.2) is 18.2 Å². The maximum atomic E-state index is 10.9. The van der Waals surface area contributed by atoms with E-state index in [9.17, 15) is 10.1 Å². The second-order valence-corrected chi connectivity index (χ2v) is 3.61. The van der Waals surface area contributed by atoms with Gasteiger partial charge in [0.05, 0.1) is 11.5 Å². The Labute approximate surface area is 101 Å². The quantitative estimate of drug-likeness (QED) is 0.417.